The fourth-order valence-corrected chi connectivity index (χ4v) is 2.05. The first-order valence-electron chi connectivity index (χ1n) is 6.48. The summed E-state index contributed by atoms with van der Waals surface area (Å²) < 4.78 is 25.3. The summed E-state index contributed by atoms with van der Waals surface area (Å²) in [6, 6.07) is 11.4. The number of nitrogens with two attached hydrogens (primary N) is 1. The monoisotopic (exact) mass is 290 g/mol. The molecule has 0 radical (unpaired) electrons. The van der Waals surface area contributed by atoms with Crippen LogP contribution in [0.1, 0.15) is 33.5 Å². The minimum absolute atomic E-state index is 0.00935. The average molecular weight is 290 g/mol. The lowest BCUT2D eigenvalue weighted by Crippen LogP contribution is -2.11. The number of aryl methyl sites for hydroxylation is 1. The van der Waals surface area contributed by atoms with Gasteiger partial charge in [0.25, 0.3) is 6.43 Å². The van der Waals surface area contributed by atoms with Crippen LogP contribution >= 0.6 is 0 Å². The molecule has 0 aliphatic rings. The van der Waals surface area contributed by atoms with Crippen molar-refractivity contribution in [1.29, 1.82) is 0 Å². The van der Waals surface area contributed by atoms with Gasteiger partial charge in [-0.15, -0.1) is 0 Å². The molecule has 0 fully saturated rings. The van der Waals surface area contributed by atoms with Crippen LogP contribution in [-0.2, 0) is 6.54 Å². The Balaban J connectivity index is 2.09. The van der Waals surface area contributed by atoms with Gasteiger partial charge in [-0.3, -0.25) is 4.79 Å². The van der Waals surface area contributed by atoms with Gasteiger partial charge in [0.05, 0.1) is 0 Å². The molecule has 0 saturated carbocycles. The molecule has 21 heavy (non-hydrogen) atoms. The third-order valence-electron chi connectivity index (χ3n) is 3.20. The Morgan fingerprint density at radius 1 is 1.24 bits per heavy atom. The lowest BCUT2D eigenvalue weighted by molar-refractivity contribution is 0.1000. The summed E-state index contributed by atoms with van der Waals surface area (Å²) in [6.07, 6.45) is -2.47. The van der Waals surface area contributed by atoms with Crippen molar-refractivity contribution in [2.24, 2.45) is 5.73 Å². The molecule has 0 heterocycles. The number of primary amides is 1. The van der Waals surface area contributed by atoms with Crippen LogP contribution in [0.2, 0.25) is 0 Å². The highest BCUT2D eigenvalue weighted by molar-refractivity contribution is 5.93. The number of rotatable bonds is 5. The van der Waals surface area contributed by atoms with Gasteiger partial charge in [-0.1, -0.05) is 18.2 Å². The Bertz CT molecular complexity index is 656. The van der Waals surface area contributed by atoms with Gasteiger partial charge in [-0.2, -0.15) is 0 Å². The maximum atomic E-state index is 12.6. The van der Waals surface area contributed by atoms with Crippen LogP contribution in [0.3, 0.4) is 0 Å². The van der Waals surface area contributed by atoms with E-state index >= 15 is 0 Å². The molecular weight excluding hydrogens is 274 g/mol. The molecule has 3 nitrogen and oxygen atoms in total. The van der Waals surface area contributed by atoms with Gasteiger partial charge in [-0.05, 0) is 42.3 Å². The van der Waals surface area contributed by atoms with E-state index in [2.05, 4.69) is 5.32 Å². The fraction of sp³-hybridized carbons (Fsp3) is 0.188. The smallest absolute Gasteiger partial charge is 0.263 e. The number of carbonyl (C=O) groups is 1. The molecule has 0 spiro atoms. The fourth-order valence-electron chi connectivity index (χ4n) is 2.05. The molecule has 1 amide bonds. The third-order valence-corrected chi connectivity index (χ3v) is 3.20. The molecular formula is C16H16F2N2O. The number of carbonyl (C=O) groups excluding carboxylic acids is 1. The van der Waals surface area contributed by atoms with Gasteiger partial charge in [0, 0.05) is 23.4 Å². The highest BCUT2D eigenvalue weighted by Gasteiger charge is 2.08. The normalized spacial score (nSPS) is 10.7. The van der Waals surface area contributed by atoms with Gasteiger partial charge >= 0.3 is 0 Å². The van der Waals surface area contributed by atoms with Gasteiger partial charge < -0.3 is 11.1 Å². The zero-order chi connectivity index (χ0) is 15.4. The number of benzene rings is 2. The number of hydrogen-bond acceptors (Lipinski definition) is 2. The lowest BCUT2D eigenvalue weighted by atomic mass is 10.1. The topological polar surface area (TPSA) is 55.1 Å². The van der Waals surface area contributed by atoms with Crippen molar-refractivity contribution in [2.75, 3.05) is 5.32 Å². The van der Waals surface area contributed by atoms with Crippen molar-refractivity contribution in [3.63, 3.8) is 0 Å². The SMILES string of the molecule is Cc1cc(C(N)=O)ccc1NCc1cccc(C(F)F)c1. The van der Waals surface area contributed by atoms with Gasteiger partial charge in [0.15, 0.2) is 0 Å². The molecule has 0 aromatic heterocycles. The highest BCUT2D eigenvalue weighted by atomic mass is 19.3. The lowest BCUT2D eigenvalue weighted by Gasteiger charge is -2.11. The second kappa shape index (κ2) is 6.35. The van der Waals surface area contributed by atoms with E-state index in [1.54, 1.807) is 30.3 Å². The molecule has 0 unspecified atom stereocenters. The van der Waals surface area contributed by atoms with Crippen molar-refractivity contribution in [2.45, 2.75) is 19.9 Å². The van der Waals surface area contributed by atoms with Gasteiger partial charge in [-0.25, -0.2) is 8.78 Å². The zero-order valence-corrected chi connectivity index (χ0v) is 11.6. The summed E-state index contributed by atoms with van der Waals surface area (Å²) in [5.41, 5.74) is 8.14. The van der Waals surface area contributed by atoms with Crippen molar-refractivity contribution in [1.82, 2.24) is 0 Å². The molecule has 0 aliphatic carbocycles. The second-order valence-corrected chi connectivity index (χ2v) is 4.79. The quantitative estimate of drug-likeness (QED) is 0.883. The van der Waals surface area contributed by atoms with Crippen molar-refractivity contribution < 1.29 is 13.6 Å². The first kappa shape index (κ1) is 15.0. The summed E-state index contributed by atoms with van der Waals surface area (Å²) in [5, 5.41) is 3.16. The Morgan fingerprint density at radius 3 is 2.62 bits per heavy atom. The largest absolute Gasteiger partial charge is 0.381 e. The Hall–Kier alpha value is -2.43. The first-order chi connectivity index (χ1) is 9.97. The predicted molar refractivity (Wildman–Crippen MR) is 78.4 cm³/mol. The van der Waals surface area contributed by atoms with E-state index in [1.807, 2.05) is 6.92 Å². The third kappa shape index (κ3) is 3.78. The second-order valence-electron chi connectivity index (χ2n) is 4.79. The average Bonchev–Trinajstić information content (AvgIpc) is 2.46. The van der Waals surface area contributed by atoms with Crippen LogP contribution in [0.5, 0.6) is 0 Å². The summed E-state index contributed by atoms with van der Waals surface area (Å²) in [6.45, 7) is 2.28. The van der Waals surface area contributed by atoms with E-state index < -0.39 is 12.3 Å². The minimum Gasteiger partial charge on any atom is -0.381 e. The van der Waals surface area contributed by atoms with E-state index in [9.17, 15) is 13.6 Å². The standard InChI is InChI=1S/C16H16F2N2O/c1-10-7-13(16(19)21)5-6-14(10)20-9-11-3-2-4-12(8-11)15(17)18/h2-8,15,20H,9H2,1H3,(H2,19,21). The molecule has 0 bridgehead atoms. The van der Waals surface area contributed by atoms with Crippen LogP contribution in [0, 0.1) is 6.92 Å². The van der Waals surface area contributed by atoms with Crippen LogP contribution in [0.4, 0.5) is 14.5 Å². The maximum absolute atomic E-state index is 12.6. The van der Waals surface area contributed by atoms with E-state index in [0.717, 1.165) is 16.8 Å². The van der Waals surface area contributed by atoms with E-state index in [-0.39, 0.29) is 5.56 Å². The molecule has 110 valence electrons. The molecule has 0 atom stereocenters. The molecule has 3 N–H and O–H groups in total. The molecule has 0 saturated heterocycles. The van der Waals surface area contributed by atoms with Gasteiger partial charge in [0.1, 0.15) is 0 Å². The van der Waals surface area contributed by atoms with E-state index in [1.165, 1.54) is 12.1 Å². The number of nitrogens with one attached hydrogen (secondary N) is 1. The number of alkyl halides is 2. The molecule has 2 aromatic rings. The van der Waals surface area contributed by atoms with Crippen molar-refractivity contribution in [3.05, 3.63) is 64.7 Å². The molecule has 2 rings (SSSR count). The number of hydrogen-bond donors (Lipinski definition) is 2. The zero-order valence-electron chi connectivity index (χ0n) is 11.6. The number of amides is 1. The number of halogens is 2. The maximum Gasteiger partial charge on any atom is 0.263 e. The predicted octanol–water partition coefficient (Wildman–Crippen LogP) is 3.64. The Kier molecular flexibility index (Phi) is 4.52. The summed E-state index contributed by atoms with van der Waals surface area (Å²) >= 11 is 0. The number of anilines is 1. The summed E-state index contributed by atoms with van der Waals surface area (Å²) in [7, 11) is 0. The van der Waals surface area contributed by atoms with Crippen molar-refractivity contribution in [3.8, 4) is 0 Å². The molecule has 0 aliphatic heterocycles. The van der Waals surface area contributed by atoms with E-state index in [0.29, 0.717) is 12.1 Å². The Labute approximate surface area is 121 Å². The molecule has 5 heteroatoms. The minimum atomic E-state index is -2.47. The van der Waals surface area contributed by atoms with Crippen molar-refractivity contribution >= 4 is 11.6 Å². The van der Waals surface area contributed by atoms with Crippen LogP contribution < -0.4 is 11.1 Å². The summed E-state index contributed by atoms with van der Waals surface area (Å²) in [4.78, 5) is 11.1. The first-order valence-corrected chi connectivity index (χ1v) is 6.48. The summed E-state index contributed by atoms with van der Waals surface area (Å²) in [5.74, 6) is -0.478. The van der Waals surface area contributed by atoms with E-state index in [4.69, 9.17) is 5.73 Å². The van der Waals surface area contributed by atoms with Crippen LogP contribution in [-0.4, -0.2) is 5.91 Å². The molecule has 2 aromatic carbocycles. The Morgan fingerprint density at radius 2 is 2.00 bits per heavy atom. The van der Waals surface area contributed by atoms with Crippen LogP contribution in [0.25, 0.3) is 0 Å². The van der Waals surface area contributed by atoms with Crippen LogP contribution in [0.15, 0.2) is 42.5 Å². The van der Waals surface area contributed by atoms with Gasteiger partial charge in [0.2, 0.25) is 5.91 Å². The highest BCUT2D eigenvalue weighted by Crippen LogP contribution is 2.21.